The molecule has 1 aromatic heterocycles. The van der Waals surface area contributed by atoms with E-state index in [2.05, 4.69) is 36.7 Å². The van der Waals surface area contributed by atoms with Gasteiger partial charge in [-0.1, -0.05) is 15.9 Å². The zero-order chi connectivity index (χ0) is 13.7. The van der Waals surface area contributed by atoms with E-state index in [1.807, 2.05) is 19.1 Å². The molecule has 2 rings (SSSR count). The van der Waals surface area contributed by atoms with Crippen molar-refractivity contribution in [1.29, 1.82) is 0 Å². The smallest absolute Gasteiger partial charge is 0.277 e. The van der Waals surface area contributed by atoms with E-state index in [-0.39, 0.29) is 11.6 Å². The minimum Gasteiger partial charge on any atom is -0.494 e. The first-order valence-corrected chi connectivity index (χ1v) is 6.85. The van der Waals surface area contributed by atoms with Gasteiger partial charge in [0.05, 0.1) is 12.8 Å². The standard InChI is InChI=1S/C12H13BrN4O2/c1-2-19-11-4-3-9(5-8(11)6-13)15-12(18)10-7-14-17-16-10/h3-5,7H,2,6H2,1H3,(H,15,18)(H,14,16,17). The fourth-order valence-corrected chi connectivity index (χ4v) is 2.00. The van der Waals surface area contributed by atoms with Crippen LogP contribution in [0, 0.1) is 0 Å². The van der Waals surface area contributed by atoms with Crippen molar-refractivity contribution in [3.8, 4) is 5.75 Å². The molecule has 6 nitrogen and oxygen atoms in total. The first kappa shape index (κ1) is 13.5. The highest BCUT2D eigenvalue weighted by atomic mass is 79.9. The molecule has 0 bridgehead atoms. The lowest BCUT2D eigenvalue weighted by Crippen LogP contribution is -2.12. The normalized spacial score (nSPS) is 10.2. The molecule has 2 aromatic rings. The predicted molar refractivity (Wildman–Crippen MR) is 74.6 cm³/mol. The maximum atomic E-state index is 11.8. The van der Waals surface area contributed by atoms with Crippen molar-refractivity contribution in [3.63, 3.8) is 0 Å². The van der Waals surface area contributed by atoms with Gasteiger partial charge in [-0.15, -0.1) is 0 Å². The van der Waals surface area contributed by atoms with Gasteiger partial charge < -0.3 is 10.1 Å². The lowest BCUT2D eigenvalue weighted by atomic mass is 10.2. The molecular weight excluding hydrogens is 312 g/mol. The monoisotopic (exact) mass is 324 g/mol. The number of alkyl halides is 1. The van der Waals surface area contributed by atoms with Crippen LogP contribution >= 0.6 is 15.9 Å². The SMILES string of the molecule is CCOc1ccc(NC(=O)c2cn[nH]n2)cc1CBr. The summed E-state index contributed by atoms with van der Waals surface area (Å²) in [5.74, 6) is 0.497. The van der Waals surface area contributed by atoms with E-state index in [1.165, 1.54) is 6.20 Å². The topological polar surface area (TPSA) is 79.9 Å². The minimum absolute atomic E-state index is 0.245. The molecule has 0 aliphatic carbocycles. The van der Waals surface area contributed by atoms with Crippen LogP contribution < -0.4 is 10.1 Å². The Morgan fingerprint density at radius 3 is 3.00 bits per heavy atom. The number of rotatable bonds is 5. The summed E-state index contributed by atoms with van der Waals surface area (Å²) in [7, 11) is 0. The number of hydrogen-bond donors (Lipinski definition) is 2. The molecule has 0 unspecified atom stereocenters. The van der Waals surface area contributed by atoms with Crippen LogP contribution in [0.3, 0.4) is 0 Å². The number of nitrogens with zero attached hydrogens (tertiary/aromatic N) is 2. The molecule has 100 valence electrons. The number of halogens is 1. The first-order chi connectivity index (χ1) is 9.24. The Hall–Kier alpha value is -1.89. The average molecular weight is 325 g/mol. The average Bonchev–Trinajstić information content (AvgIpc) is 2.94. The molecular formula is C12H13BrN4O2. The Balaban J connectivity index is 2.15. The number of carbonyl (C=O) groups is 1. The second-order valence-corrected chi connectivity index (χ2v) is 4.26. The first-order valence-electron chi connectivity index (χ1n) is 5.73. The molecule has 0 aliphatic heterocycles. The fraction of sp³-hybridized carbons (Fsp3) is 0.250. The van der Waals surface area contributed by atoms with Crippen molar-refractivity contribution in [1.82, 2.24) is 15.4 Å². The molecule has 0 saturated heterocycles. The van der Waals surface area contributed by atoms with Crippen molar-refractivity contribution >= 4 is 27.5 Å². The van der Waals surface area contributed by atoms with E-state index in [0.29, 0.717) is 17.6 Å². The second-order valence-electron chi connectivity index (χ2n) is 3.70. The lowest BCUT2D eigenvalue weighted by Gasteiger charge is -2.10. The van der Waals surface area contributed by atoms with Gasteiger partial charge in [0.25, 0.3) is 5.91 Å². The maximum absolute atomic E-state index is 11.8. The molecule has 0 spiro atoms. The molecule has 1 aromatic carbocycles. The predicted octanol–water partition coefficient (Wildman–Crippen LogP) is 2.35. The third kappa shape index (κ3) is 3.31. The highest BCUT2D eigenvalue weighted by Gasteiger charge is 2.10. The molecule has 0 atom stereocenters. The number of aromatic amines is 1. The van der Waals surface area contributed by atoms with Crippen LogP contribution in [-0.4, -0.2) is 27.9 Å². The maximum Gasteiger partial charge on any atom is 0.277 e. The van der Waals surface area contributed by atoms with Crippen LogP contribution in [0.15, 0.2) is 24.4 Å². The van der Waals surface area contributed by atoms with Crippen LogP contribution in [0.4, 0.5) is 5.69 Å². The molecule has 0 saturated carbocycles. The van der Waals surface area contributed by atoms with E-state index in [9.17, 15) is 4.79 Å². The van der Waals surface area contributed by atoms with E-state index in [4.69, 9.17) is 4.74 Å². The summed E-state index contributed by atoms with van der Waals surface area (Å²) in [6, 6.07) is 5.48. The van der Waals surface area contributed by atoms with Crippen molar-refractivity contribution < 1.29 is 9.53 Å². The summed E-state index contributed by atoms with van der Waals surface area (Å²) >= 11 is 3.40. The van der Waals surface area contributed by atoms with Gasteiger partial charge in [0.1, 0.15) is 5.75 Å². The molecule has 19 heavy (non-hydrogen) atoms. The van der Waals surface area contributed by atoms with Crippen LogP contribution in [0.5, 0.6) is 5.75 Å². The molecule has 7 heteroatoms. The quantitative estimate of drug-likeness (QED) is 0.827. The molecule has 1 heterocycles. The number of H-pyrrole nitrogens is 1. The summed E-state index contributed by atoms with van der Waals surface area (Å²) in [6.07, 6.45) is 1.37. The third-order valence-electron chi connectivity index (χ3n) is 2.41. The molecule has 0 aliphatic rings. The Labute approximate surface area is 118 Å². The highest BCUT2D eigenvalue weighted by Crippen LogP contribution is 2.25. The number of amides is 1. The van der Waals surface area contributed by atoms with Gasteiger partial charge in [0.15, 0.2) is 5.69 Å². The van der Waals surface area contributed by atoms with Crippen molar-refractivity contribution in [2.45, 2.75) is 12.3 Å². The Morgan fingerprint density at radius 1 is 1.53 bits per heavy atom. The van der Waals surface area contributed by atoms with Crippen LogP contribution in [0.2, 0.25) is 0 Å². The number of carbonyl (C=O) groups excluding carboxylic acids is 1. The van der Waals surface area contributed by atoms with Crippen molar-refractivity contribution in [2.75, 3.05) is 11.9 Å². The van der Waals surface area contributed by atoms with Crippen molar-refractivity contribution in [2.24, 2.45) is 0 Å². The summed E-state index contributed by atoms with van der Waals surface area (Å²) < 4.78 is 5.49. The number of benzene rings is 1. The number of anilines is 1. The Bertz CT molecular complexity index is 557. The van der Waals surface area contributed by atoms with E-state index in [1.54, 1.807) is 6.07 Å². The molecule has 0 radical (unpaired) electrons. The van der Waals surface area contributed by atoms with Crippen molar-refractivity contribution in [3.05, 3.63) is 35.7 Å². The van der Waals surface area contributed by atoms with Gasteiger partial charge in [-0.25, -0.2) is 0 Å². The Morgan fingerprint density at radius 2 is 2.37 bits per heavy atom. The lowest BCUT2D eigenvalue weighted by molar-refractivity contribution is 0.102. The van der Waals surface area contributed by atoms with E-state index in [0.717, 1.165) is 11.3 Å². The molecule has 1 amide bonds. The number of ether oxygens (including phenoxy) is 1. The van der Waals surface area contributed by atoms with Gasteiger partial charge in [0.2, 0.25) is 0 Å². The number of aromatic nitrogens is 3. The molecule has 0 fully saturated rings. The van der Waals surface area contributed by atoms with Crippen LogP contribution in [0.1, 0.15) is 23.0 Å². The zero-order valence-corrected chi connectivity index (χ0v) is 11.9. The van der Waals surface area contributed by atoms with E-state index < -0.39 is 0 Å². The van der Waals surface area contributed by atoms with E-state index >= 15 is 0 Å². The van der Waals surface area contributed by atoms with Gasteiger partial charge in [-0.3, -0.25) is 4.79 Å². The Kier molecular flexibility index (Phi) is 4.51. The van der Waals surface area contributed by atoms with Crippen LogP contribution in [-0.2, 0) is 5.33 Å². The fourth-order valence-electron chi connectivity index (χ4n) is 1.56. The summed E-state index contributed by atoms with van der Waals surface area (Å²) in [4.78, 5) is 11.8. The van der Waals surface area contributed by atoms with Gasteiger partial charge in [-0.2, -0.15) is 15.4 Å². The number of hydrogen-bond acceptors (Lipinski definition) is 4. The third-order valence-corrected chi connectivity index (χ3v) is 3.01. The largest absolute Gasteiger partial charge is 0.494 e. The van der Waals surface area contributed by atoms with Gasteiger partial charge in [0, 0.05) is 16.6 Å². The van der Waals surface area contributed by atoms with Gasteiger partial charge in [-0.05, 0) is 25.1 Å². The summed E-state index contributed by atoms with van der Waals surface area (Å²) in [5.41, 5.74) is 1.90. The highest BCUT2D eigenvalue weighted by molar-refractivity contribution is 9.08. The summed E-state index contributed by atoms with van der Waals surface area (Å²) in [6.45, 7) is 2.53. The minimum atomic E-state index is -0.307. The van der Waals surface area contributed by atoms with Gasteiger partial charge >= 0.3 is 0 Å². The summed E-state index contributed by atoms with van der Waals surface area (Å²) in [5, 5.41) is 13.1. The number of nitrogens with one attached hydrogen (secondary N) is 2. The van der Waals surface area contributed by atoms with Crippen LogP contribution in [0.25, 0.3) is 0 Å². The zero-order valence-electron chi connectivity index (χ0n) is 10.3. The second kappa shape index (κ2) is 6.33. The molecule has 2 N–H and O–H groups in total.